The number of carbonyl (C=O) groups excluding carboxylic acids is 8. The molecular formula is C44H68N6O16. The summed E-state index contributed by atoms with van der Waals surface area (Å²) in [7, 11) is 0. The minimum Gasteiger partial charge on any atom is -0.379 e. The molecule has 0 aliphatic carbocycles. The average molecular weight is 937 g/mol. The summed E-state index contributed by atoms with van der Waals surface area (Å²) < 4.78 is 43.5. The zero-order valence-electron chi connectivity index (χ0n) is 38.1. The lowest BCUT2D eigenvalue weighted by Crippen LogP contribution is -2.52. The van der Waals surface area contributed by atoms with Crippen LogP contribution >= 0.6 is 0 Å². The van der Waals surface area contributed by atoms with Crippen molar-refractivity contribution < 1.29 is 76.3 Å². The van der Waals surface area contributed by atoms with Gasteiger partial charge in [0, 0.05) is 50.4 Å². The van der Waals surface area contributed by atoms with E-state index >= 15 is 0 Å². The van der Waals surface area contributed by atoms with E-state index in [9.17, 15) is 38.4 Å². The molecule has 0 bridgehead atoms. The van der Waals surface area contributed by atoms with Gasteiger partial charge < -0.3 is 64.5 Å². The van der Waals surface area contributed by atoms with Crippen molar-refractivity contribution in [3.8, 4) is 0 Å². The van der Waals surface area contributed by atoms with Crippen molar-refractivity contribution in [1.29, 1.82) is 0 Å². The van der Waals surface area contributed by atoms with Gasteiger partial charge in [-0.2, -0.15) is 0 Å². The molecule has 0 fully saturated rings. The average Bonchev–Trinajstić information content (AvgIpc) is 3.63. The Hall–Kier alpha value is -5.20. The van der Waals surface area contributed by atoms with Gasteiger partial charge in [0.05, 0.1) is 125 Å². The van der Waals surface area contributed by atoms with Crippen LogP contribution in [0.3, 0.4) is 0 Å². The molecule has 66 heavy (non-hydrogen) atoms. The quantitative estimate of drug-likeness (QED) is 0.0360. The normalized spacial score (nSPS) is 12.6. The van der Waals surface area contributed by atoms with E-state index in [4.69, 9.17) is 37.9 Å². The summed E-state index contributed by atoms with van der Waals surface area (Å²) in [6, 6.07) is 8.09. The first-order valence-electron chi connectivity index (χ1n) is 22.1. The number of carbonyl (C=O) groups is 8. The summed E-state index contributed by atoms with van der Waals surface area (Å²) in [5.74, 6) is -3.63. The molecule has 0 saturated carbocycles. The monoisotopic (exact) mass is 936 g/mol. The van der Waals surface area contributed by atoms with Crippen LogP contribution in [0.2, 0.25) is 0 Å². The van der Waals surface area contributed by atoms with Gasteiger partial charge in [0.2, 0.25) is 29.5 Å². The first-order chi connectivity index (χ1) is 32.0. The molecule has 1 heterocycles. The predicted molar refractivity (Wildman–Crippen MR) is 236 cm³/mol. The van der Waals surface area contributed by atoms with E-state index in [0.29, 0.717) is 99.0 Å². The Morgan fingerprint density at radius 2 is 0.939 bits per heavy atom. The van der Waals surface area contributed by atoms with Gasteiger partial charge in [0.1, 0.15) is 6.04 Å². The standard InChI is InChI=1S/C44H68N6O16/c1-34(2)37(51)31-48-44(58)36(30-35-6-4-3-5-7-35)49-41(55)33-47-40(54)32-46-39(53)11-14-59-16-18-61-20-22-63-24-26-65-28-29-66-27-25-64-23-21-62-19-17-60-15-12-45-38(52)10-13-50-42(56)8-9-43(50)57/h3-9,34,36H,10-33H2,1-2H3,(H,45,52)(H,46,53)(H,47,54)(H,48,58)(H,49,55)/t36-/m0/s1. The molecule has 22 heteroatoms. The van der Waals surface area contributed by atoms with Gasteiger partial charge in [0.25, 0.3) is 11.8 Å². The molecule has 1 aromatic rings. The van der Waals surface area contributed by atoms with Crippen LogP contribution in [-0.2, 0) is 82.7 Å². The van der Waals surface area contributed by atoms with Gasteiger partial charge in [-0.1, -0.05) is 44.2 Å². The third kappa shape index (κ3) is 29.4. The Bertz CT molecular complexity index is 1610. The highest BCUT2D eigenvalue weighted by molar-refractivity contribution is 6.13. The van der Waals surface area contributed by atoms with Crippen molar-refractivity contribution >= 4 is 47.1 Å². The van der Waals surface area contributed by atoms with E-state index in [1.807, 2.05) is 18.2 Å². The fourth-order valence-electron chi connectivity index (χ4n) is 5.34. The van der Waals surface area contributed by atoms with Gasteiger partial charge in [-0.05, 0) is 5.56 Å². The second-order valence-corrected chi connectivity index (χ2v) is 14.6. The van der Waals surface area contributed by atoms with E-state index in [1.165, 1.54) is 12.2 Å². The third-order valence-corrected chi connectivity index (χ3v) is 9.02. The topological polar surface area (TPSA) is 274 Å². The summed E-state index contributed by atoms with van der Waals surface area (Å²) >= 11 is 0. The Balaban J connectivity index is 1.30. The van der Waals surface area contributed by atoms with Crippen LogP contribution in [0.4, 0.5) is 0 Å². The van der Waals surface area contributed by atoms with Crippen LogP contribution in [-0.4, -0.2) is 197 Å². The fraction of sp³-hybridized carbons (Fsp3) is 0.636. The number of nitrogens with one attached hydrogen (secondary N) is 5. The molecule has 0 aromatic heterocycles. The summed E-state index contributed by atoms with van der Waals surface area (Å²) in [5, 5.41) is 12.7. The van der Waals surface area contributed by atoms with Gasteiger partial charge in [-0.3, -0.25) is 43.3 Å². The Labute approximate surface area is 385 Å². The molecule has 0 spiro atoms. The van der Waals surface area contributed by atoms with Crippen molar-refractivity contribution in [2.75, 3.05) is 138 Å². The number of rotatable bonds is 41. The van der Waals surface area contributed by atoms with E-state index < -0.39 is 48.0 Å². The predicted octanol–water partition coefficient (Wildman–Crippen LogP) is -1.76. The van der Waals surface area contributed by atoms with Crippen LogP contribution in [0.5, 0.6) is 0 Å². The van der Waals surface area contributed by atoms with Crippen molar-refractivity contribution in [1.82, 2.24) is 31.5 Å². The number of ketones is 1. The number of hydrogen-bond donors (Lipinski definition) is 5. The largest absolute Gasteiger partial charge is 0.379 e. The van der Waals surface area contributed by atoms with E-state index in [1.54, 1.807) is 26.0 Å². The zero-order chi connectivity index (χ0) is 48.0. The minimum atomic E-state index is -0.969. The van der Waals surface area contributed by atoms with Crippen molar-refractivity contribution in [2.24, 2.45) is 5.92 Å². The van der Waals surface area contributed by atoms with E-state index in [2.05, 4.69) is 26.6 Å². The number of amides is 7. The molecule has 1 aliphatic rings. The minimum absolute atomic E-state index is 0.0189. The highest BCUT2D eigenvalue weighted by atomic mass is 16.6. The lowest BCUT2D eigenvalue weighted by molar-refractivity contribution is -0.137. The number of hydrogen-bond acceptors (Lipinski definition) is 16. The second kappa shape index (κ2) is 37.0. The van der Waals surface area contributed by atoms with Gasteiger partial charge in [-0.15, -0.1) is 0 Å². The number of nitrogens with zero attached hydrogens (tertiary/aromatic N) is 1. The number of Topliss-reactive ketones (excluding diaryl/α,β-unsaturated/α-hetero) is 1. The molecule has 7 amide bonds. The van der Waals surface area contributed by atoms with Crippen molar-refractivity contribution in [3.05, 3.63) is 48.0 Å². The Kier molecular flexibility index (Phi) is 31.9. The molecule has 2 rings (SSSR count). The molecule has 370 valence electrons. The molecular weight excluding hydrogens is 869 g/mol. The SMILES string of the molecule is CC(C)C(=O)CNC(=O)[C@H](Cc1ccccc1)NC(=O)CNC(=O)CNC(=O)CCOCCOCCOCCOCCOCCOCCOCCOCCNC(=O)CCN1C(=O)C=CC1=O. The van der Waals surface area contributed by atoms with Crippen LogP contribution in [0.25, 0.3) is 0 Å². The van der Waals surface area contributed by atoms with E-state index in [-0.39, 0.29) is 69.7 Å². The summed E-state index contributed by atoms with van der Waals surface area (Å²) in [5.41, 5.74) is 0.799. The van der Waals surface area contributed by atoms with Gasteiger partial charge in [-0.25, -0.2) is 0 Å². The van der Waals surface area contributed by atoms with Crippen LogP contribution < -0.4 is 26.6 Å². The van der Waals surface area contributed by atoms with Gasteiger partial charge >= 0.3 is 0 Å². The first-order valence-corrected chi connectivity index (χ1v) is 22.1. The van der Waals surface area contributed by atoms with E-state index in [0.717, 1.165) is 10.5 Å². The maximum atomic E-state index is 12.8. The zero-order valence-corrected chi connectivity index (χ0v) is 38.1. The molecule has 5 N–H and O–H groups in total. The summed E-state index contributed by atoms with van der Waals surface area (Å²) in [6.07, 6.45) is 2.60. The maximum absolute atomic E-state index is 12.8. The molecule has 22 nitrogen and oxygen atoms in total. The van der Waals surface area contributed by atoms with Crippen LogP contribution in [0, 0.1) is 5.92 Å². The lowest BCUT2D eigenvalue weighted by atomic mass is 10.0. The highest BCUT2D eigenvalue weighted by Gasteiger charge is 2.24. The lowest BCUT2D eigenvalue weighted by Gasteiger charge is -2.19. The number of ether oxygens (including phenoxy) is 8. The summed E-state index contributed by atoms with van der Waals surface area (Å²) in [6.45, 7) is 8.62. The second-order valence-electron chi connectivity index (χ2n) is 14.6. The van der Waals surface area contributed by atoms with Crippen LogP contribution in [0.15, 0.2) is 42.5 Å². The molecule has 1 aliphatic heterocycles. The first kappa shape index (κ1) is 56.9. The van der Waals surface area contributed by atoms with Gasteiger partial charge in [0.15, 0.2) is 5.78 Å². The molecule has 0 unspecified atom stereocenters. The molecule has 0 radical (unpaired) electrons. The fourth-order valence-corrected chi connectivity index (χ4v) is 5.34. The Morgan fingerprint density at radius 1 is 0.500 bits per heavy atom. The summed E-state index contributed by atoms with van der Waals surface area (Å²) in [4.78, 5) is 97.5. The number of benzene rings is 1. The molecule has 1 atom stereocenters. The maximum Gasteiger partial charge on any atom is 0.253 e. The van der Waals surface area contributed by atoms with Crippen molar-refractivity contribution in [2.45, 2.75) is 39.2 Å². The molecule has 1 aromatic carbocycles. The van der Waals surface area contributed by atoms with Crippen molar-refractivity contribution in [3.63, 3.8) is 0 Å². The third-order valence-electron chi connectivity index (χ3n) is 9.02. The Morgan fingerprint density at radius 3 is 1.44 bits per heavy atom. The smallest absolute Gasteiger partial charge is 0.253 e. The number of imide groups is 1. The highest BCUT2D eigenvalue weighted by Crippen LogP contribution is 2.05. The molecule has 0 saturated heterocycles. The van der Waals surface area contributed by atoms with Crippen LogP contribution in [0.1, 0.15) is 32.3 Å².